The molecule has 0 heterocycles. The van der Waals surface area contributed by atoms with Gasteiger partial charge < -0.3 is 5.32 Å². The van der Waals surface area contributed by atoms with Crippen molar-refractivity contribution in [3.05, 3.63) is 54.1 Å². The molecular weight excluding hydrogens is 356 g/mol. The van der Waals surface area contributed by atoms with Gasteiger partial charge in [0, 0.05) is 17.1 Å². The van der Waals surface area contributed by atoms with E-state index in [4.69, 9.17) is 0 Å². The molecule has 0 aliphatic rings. The maximum Gasteiger partial charge on any atom is 0.256 e. The van der Waals surface area contributed by atoms with E-state index in [1.807, 2.05) is 32.0 Å². The van der Waals surface area contributed by atoms with E-state index in [0.717, 1.165) is 17.1 Å². The molecule has 0 atom stereocenters. The number of carbonyl (C=O) groups is 1. The highest BCUT2D eigenvalue weighted by Crippen LogP contribution is 2.23. The summed E-state index contributed by atoms with van der Waals surface area (Å²) < 4.78 is 26.6. The van der Waals surface area contributed by atoms with Crippen LogP contribution < -0.4 is 10.0 Å². The first-order valence-corrected chi connectivity index (χ1v) is 10.6. The van der Waals surface area contributed by atoms with Gasteiger partial charge in [-0.15, -0.1) is 11.8 Å². The molecule has 7 heteroatoms. The number of hydrogen-bond acceptors (Lipinski definition) is 4. The van der Waals surface area contributed by atoms with Gasteiger partial charge in [0.05, 0.1) is 10.5 Å². The quantitative estimate of drug-likeness (QED) is 0.686. The number of sulfonamides is 1. The first-order valence-electron chi connectivity index (χ1n) is 8.10. The Balaban J connectivity index is 2.13. The molecule has 0 radical (unpaired) electrons. The maximum atomic E-state index is 12.5. The Morgan fingerprint density at radius 3 is 2.36 bits per heavy atom. The molecule has 25 heavy (non-hydrogen) atoms. The molecule has 0 saturated heterocycles. The molecule has 0 spiro atoms. The van der Waals surface area contributed by atoms with Crippen molar-refractivity contribution < 1.29 is 13.2 Å². The van der Waals surface area contributed by atoms with E-state index in [2.05, 4.69) is 10.0 Å². The lowest BCUT2D eigenvalue weighted by molar-refractivity contribution is 0.102. The smallest absolute Gasteiger partial charge is 0.256 e. The molecule has 0 fully saturated rings. The molecule has 0 unspecified atom stereocenters. The molecule has 5 nitrogen and oxygen atoms in total. The third-order valence-corrected chi connectivity index (χ3v) is 5.83. The third-order valence-electron chi connectivity index (χ3n) is 3.40. The summed E-state index contributed by atoms with van der Waals surface area (Å²) >= 11 is 1.61. The van der Waals surface area contributed by atoms with Crippen LogP contribution in [-0.4, -0.2) is 26.6 Å². The Labute approximate surface area is 153 Å². The summed E-state index contributed by atoms with van der Waals surface area (Å²) in [7, 11) is -3.50. The number of anilines is 1. The minimum Gasteiger partial charge on any atom is -0.322 e. The molecule has 0 bridgehead atoms. The van der Waals surface area contributed by atoms with Crippen molar-refractivity contribution in [3.8, 4) is 0 Å². The number of nitrogens with one attached hydrogen (secondary N) is 2. The molecule has 134 valence electrons. The summed E-state index contributed by atoms with van der Waals surface area (Å²) in [6, 6.07) is 13.6. The van der Waals surface area contributed by atoms with Crippen LogP contribution in [-0.2, 0) is 10.0 Å². The summed E-state index contributed by atoms with van der Waals surface area (Å²) in [4.78, 5) is 13.6. The van der Waals surface area contributed by atoms with Crippen LogP contribution in [0.3, 0.4) is 0 Å². The Kier molecular flexibility index (Phi) is 7.04. The monoisotopic (exact) mass is 378 g/mol. The van der Waals surface area contributed by atoms with Crippen LogP contribution in [0.5, 0.6) is 0 Å². The summed E-state index contributed by atoms with van der Waals surface area (Å²) in [5, 5.41) is 2.81. The highest BCUT2D eigenvalue weighted by Gasteiger charge is 2.14. The van der Waals surface area contributed by atoms with E-state index < -0.39 is 10.0 Å². The van der Waals surface area contributed by atoms with Gasteiger partial charge in [-0.2, -0.15) is 0 Å². The van der Waals surface area contributed by atoms with Gasteiger partial charge in [0.1, 0.15) is 0 Å². The fourth-order valence-electron chi connectivity index (χ4n) is 2.17. The zero-order chi connectivity index (χ0) is 18.3. The Bertz CT molecular complexity index is 818. The molecule has 2 aromatic carbocycles. The van der Waals surface area contributed by atoms with Gasteiger partial charge in [-0.1, -0.05) is 26.0 Å². The summed E-state index contributed by atoms with van der Waals surface area (Å²) in [6.07, 6.45) is 0.725. The van der Waals surface area contributed by atoms with Gasteiger partial charge in [-0.25, -0.2) is 13.1 Å². The topological polar surface area (TPSA) is 75.3 Å². The van der Waals surface area contributed by atoms with Crippen molar-refractivity contribution in [2.45, 2.75) is 30.1 Å². The zero-order valence-electron chi connectivity index (χ0n) is 14.3. The number of benzene rings is 2. The van der Waals surface area contributed by atoms with Crippen LogP contribution in [0.2, 0.25) is 0 Å². The number of carbonyl (C=O) groups excluding carboxylic acids is 1. The molecule has 0 saturated carbocycles. The molecule has 0 aliphatic carbocycles. The van der Waals surface area contributed by atoms with Crippen LogP contribution in [0.25, 0.3) is 0 Å². The van der Waals surface area contributed by atoms with Crippen LogP contribution in [0, 0.1) is 0 Å². The van der Waals surface area contributed by atoms with Crippen LogP contribution in [0.4, 0.5) is 5.69 Å². The molecule has 1 amide bonds. The van der Waals surface area contributed by atoms with Crippen molar-refractivity contribution in [1.29, 1.82) is 0 Å². The highest BCUT2D eigenvalue weighted by atomic mass is 32.2. The van der Waals surface area contributed by atoms with Gasteiger partial charge in [0.15, 0.2) is 0 Å². The van der Waals surface area contributed by atoms with E-state index in [-0.39, 0.29) is 10.8 Å². The van der Waals surface area contributed by atoms with E-state index >= 15 is 0 Å². The predicted octanol–water partition coefficient (Wildman–Crippen LogP) is 3.74. The normalized spacial score (nSPS) is 11.3. The van der Waals surface area contributed by atoms with E-state index in [1.54, 1.807) is 30.0 Å². The van der Waals surface area contributed by atoms with Gasteiger partial charge in [-0.05, 0) is 48.6 Å². The molecular formula is C18H22N2O3S2. The average Bonchev–Trinajstić information content (AvgIpc) is 2.61. The molecule has 0 aromatic heterocycles. The first-order chi connectivity index (χ1) is 12.0. The fourth-order valence-corrected chi connectivity index (χ4v) is 4.11. The number of amides is 1. The SMILES string of the molecule is CCCNS(=O)(=O)c1ccc(NC(=O)c2ccccc2SCC)cc1. The predicted molar refractivity (Wildman–Crippen MR) is 103 cm³/mol. The second kappa shape index (κ2) is 9.03. The lowest BCUT2D eigenvalue weighted by Gasteiger charge is -2.10. The van der Waals surface area contributed by atoms with Crippen molar-refractivity contribution in [1.82, 2.24) is 4.72 Å². The van der Waals surface area contributed by atoms with Crippen molar-refractivity contribution in [2.24, 2.45) is 0 Å². The Morgan fingerprint density at radius 2 is 1.72 bits per heavy atom. The first kappa shape index (κ1) is 19.5. The maximum absolute atomic E-state index is 12.5. The summed E-state index contributed by atoms with van der Waals surface area (Å²) in [5.74, 6) is 0.665. The summed E-state index contributed by atoms with van der Waals surface area (Å²) in [6.45, 7) is 4.33. The standard InChI is InChI=1S/C18H22N2O3S2/c1-3-13-19-25(22,23)15-11-9-14(10-12-15)20-18(21)16-7-5-6-8-17(16)24-4-2/h5-12,19H,3-4,13H2,1-2H3,(H,20,21). The number of thioether (sulfide) groups is 1. The number of rotatable bonds is 8. The largest absolute Gasteiger partial charge is 0.322 e. The van der Waals surface area contributed by atoms with Crippen LogP contribution in [0.1, 0.15) is 30.6 Å². The number of hydrogen-bond donors (Lipinski definition) is 2. The second-order valence-electron chi connectivity index (χ2n) is 5.31. The van der Waals surface area contributed by atoms with Gasteiger partial charge >= 0.3 is 0 Å². The van der Waals surface area contributed by atoms with Gasteiger partial charge in [-0.3, -0.25) is 4.79 Å². The molecule has 2 N–H and O–H groups in total. The Morgan fingerprint density at radius 1 is 1.04 bits per heavy atom. The van der Waals surface area contributed by atoms with Crippen molar-refractivity contribution in [2.75, 3.05) is 17.6 Å². The summed E-state index contributed by atoms with van der Waals surface area (Å²) in [5.41, 5.74) is 1.16. The van der Waals surface area contributed by atoms with Crippen molar-refractivity contribution in [3.63, 3.8) is 0 Å². The van der Waals surface area contributed by atoms with Gasteiger partial charge in [0.2, 0.25) is 10.0 Å². The molecule has 2 aromatic rings. The van der Waals surface area contributed by atoms with E-state index in [0.29, 0.717) is 17.8 Å². The average molecular weight is 379 g/mol. The van der Waals surface area contributed by atoms with E-state index in [1.165, 1.54) is 12.1 Å². The Hall–Kier alpha value is -1.83. The van der Waals surface area contributed by atoms with Crippen molar-refractivity contribution >= 4 is 33.4 Å². The second-order valence-corrected chi connectivity index (χ2v) is 8.38. The molecule has 0 aliphatic heterocycles. The minimum absolute atomic E-state index is 0.181. The lowest BCUT2D eigenvalue weighted by atomic mass is 10.2. The third kappa shape index (κ3) is 5.32. The van der Waals surface area contributed by atoms with Crippen LogP contribution >= 0.6 is 11.8 Å². The van der Waals surface area contributed by atoms with Gasteiger partial charge in [0.25, 0.3) is 5.91 Å². The fraction of sp³-hybridized carbons (Fsp3) is 0.278. The highest BCUT2D eigenvalue weighted by molar-refractivity contribution is 7.99. The molecule has 2 rings (SSSR count). The van der Waals surface area contributed by atoms with Crippen LogP contribution in [0.15, 0.2) is 58.3 Å². The zero-order valence-corrected chi connectivity index (χ0v) is 15.9. The lowest BCUT2D eigenvalue weighted by Crippen LogP contribution is -2.24. The minimum atomic E-state index is -3.50. The van der Waals surface area contributed by atoms with E-state index in [9.17, 15) is 13.2 Å².